The summed E-state index contributed by atoms with van der Waals surface area (Å²) in [6, 6.07) is 45.7. The van der Waals surface area contributed by atoms with E-state index in [9.17, 15) is 0 Å². The lowest BCUT2D eigenvalue weighted by atomic mass is 10.0. The van der Waals surface area contributed by atoms with Gasteiger partial charge in [-0.3, -0.25) is 0 Å². The summed E-state index contributed by atoms with van der Waals surface area (Å²) in [5.74, 6) is 0. The normalized spacial score (nSPS) is 15.7. The summed E-state index contributed by atoms with van der Waals surface area (Å²) in [4.78, 5) is 4.99. The van der Waals surface area contributed by atoms with Gasteiger partial charge in [0.15, 0.2) is 0 Å². The van der Waals surface area contributed by atoms with Crippen LogP contribution in [0.15, 0.2) is 132 Å². The fraction of sp³-hybridized carbons (Fsp3) is 0.118. The molecule has 0 fully saturated rings. The minimum absolute atomic E-state index is 0.178. The molecule has 0 N–H and O–H groups in total. The second kappa shape index (κ2) is 8.86. The molecule has 3 nitrogen and oxygen atoms in total. The summed E-state index contributed by atoms with van der Waals surface area (Å²) in [5, 5.41) is 2.31. The monoisotopic (exact) mass is 480 g/mol. The molecule has 0 aliphatic carbocycles. The van der Waals surface area contributed by atoms with E-state index < -0.39 is 0 Å². The second-order valence-corrected chi connectivity index (χ2v) is 9.83. The van der Waals surface area contributed by atoms with Gasteiger partial charge in [0.05, 0.1) is 12.1 Å². The van der Waals surface area contributed by atoms with E-state index in [1.54, 1.807) is 0 Å². The summed E-state index contributed by atoms with van der Waals surface area (Å²) < 4.78 is 6.29. The number of anilines is 4. The first-order valence-corrected chi connectivity index (χ1v) is 13.0. The molecule has 0 saturated heterocycles. The van der Waals surface area contributed by atoms with Crippen LogP contribution in [0.1, 0.15) is 12.5 Å². The molecule has 2 heterocycles. The van der Waals surface area contributed by atoms with Gasteiger partial charge in [-0.05, 0) is 67.4 Å². The van der Waals surface area contributed by atoms with Crippen LogP contribution in [-0.2, 0) is 6.42 Å². The number of benzene rings is 5. The number of hydrogen-bond donors (Lipinski definition) is 0. The van der Waals surface area contributed by atoms with Crippen molar-refractivity contribution in [3.8, 4) is 0 Å². The number of furan rings is 1. The van der Waals surface area contributed by atoms with Crippen LogP contribution < -0.4 is 9.80 Å². The molecule has 0 saturated carbocycles. The molecule has 1 aliphatic rings. The largest absolute Gasteiger partial charge is 0.456 e. The molecule has 0 bridgehead atoms. The number of rotatable bonds is 5. The Morgan fingerprint density at radius 2 is 1.35 bits per heavy atom. The minimum atomic E-state index is 0.178. The summed E-state index contributed by atoms with van der Waals surface area (Å²) in [6.07, 6.45) is 0.989. The zero-order valence-electron chi connectivity index (χ0n) is 20.8. The lowest BCUT2D eigenvalue weighted by Crippen LogP contribution is -2.46. The SMILES string of the molecule is CC([C@@H]1Cc2ccccc2N1c1ccccc1)N(c1ccccc1)c1ccc2c(c1)oc1ccccc12. The number of para-hydroxylation sites is 4. The molecule has 180 valence electrons. The molecule has 6 aromatic rings. The zero-order chi connectivity index (χ0) is 24.8. The van der Waals surface area contributed by atoms with E-state index in [1.807, 2.05) is 12.1 Å². The topological polar surface area (TPSA) is 19.6 Å². The van der Waals surface area contributed by atoms with Gasteiger partial charge in [-0.1, -0.05) is 72.8 Å². The summed E-state index contributed by atoms with van der Waals surface area (Å²) >= 11 is 0. The second-order valence-electron chi connectivity index (χ2n) is 9.83. The van der Waals surface area contributed by atoms with E-state index in [-0.39, 0.29) is 12.1 Å². The summed E-state index contributed by atoms with van der Waals surface area (Å²) in [6.45, 7) is 2.35. The van der Waals surface area contributed by atoms with Crippen LogP contribution in [0.4, 0.5) is 22.7 Å². The highest BCUT2D eigenvalue weighted by Crippen LogP contribution is 2.43. The fourth-order valence-corrected chi connectivity index (χ4v) is 5.96. The molecule has 2 atom stereocenters. The first kappa shape index (κ1) is 21.8. The van der Waals surface area contributed by atoms with E-state index >= 15 is 0 Å². The van der Waals surface area contributed by atoms with Gasteiger partial charge >= 0.3 is 0 Å². The highest BCUT2D eigenvalue weighted by Gasteiger charge is 2.37. The van der Waals surface area contributed by atoms with Crippen LogP contribution in [-0.4, -0.2) is 12.1 Å². The van der Waals surface area contributed by atoms with E-state index in [0.29, 0.717) is 0 Å². The van der Waals surface area contributed by atoms with E-state index in [0.717, 1.165) is 34.0 Å². The predicted molar refractivity (Wildman–Crippen MR) is 154 cm³/mol. The smallest absolute Gasteiger partial charge is 0.137 e. The maximum absolute atomic E-state index is 6.29. The molecule has 3 heteroatoms. The third-order valence-electron chi connectivity index (χ3n) is 7.69. The average molecular weight is 481 g/mol. The number of nitrogens with zero attached hydrogens (tertiary/aromatic N) is 2. The first-order valence-electron chi connectivity index (χ1n) is 13.0. The quantitative estimate of drug-likeness (QED) is 0.246. The third kappa shape index (κ3) is 3.66. The van der Waals surface area contributed by atoms with Gasteiger partial charge < -0.3 is 14.2 Å². The van der Waals surface area contributed by atoms with Crippen LogP contribution in [0.5, 0.6) is 0 Å². The van der Waals surface area contributed by atoms with Gasteiger partial charge in [0.25, 0.3) is 0 Å². The van der Waals surface area contributed by atoms with E-state index in [1.165, 1.54) is 22.6 Å². The maximum Gasteiger partial charge on any atom is 0.137 e. The van der Waals surface area contributed by atoms with Crippen molar-refractivity contribution in [2.45, 2.75) is 25.4 Å². The van der Waals surface area contributed by atoms with Crippen molar-refractivity contribution in [1.82, 2.24) is 0 Å². The van der Waals surface area contributed by atoms with Gasteiger partial charge in [0.1, 0.15) is 11.2 Å². The van der Waals surface area contributed by atoms with Gasteiger partial charge in [0.2, 0.25) is 0 Å². The molecule has 5 aromatic carbocycles. The number of fused-ring (bicyclic) bond motifs is 4. The first-order chi connectivity index (χ1) is 18.3. The molecule has 0 amide bonds. The lowest BCUT2D eigenvalue weighted by molar-refractivity contribution is 0.558. The van der Waals surface area contributed by atoms with Crippen molar-refractivity contribution in [2.75, 3.05) is 9.80 Å². The van der Waals surface area contributed by atoms with Crippen molar-refractivity contribution >= 4 is 44.7 Å². The standard InChI is InChI=1S/C34H28N2O/c1-24(32-22-25-12-8-10-18-31(25)36(32)27-15-6-3-7-16-27)35(26-13-4-2-5-14-26)28-20-21-30-29-17-9-11-19-33(29)37-34(30)23-28/h2-21,23-24,32H,22H2,1H3/t24?,32-/m0/s1. The Hall–Kier alpha value is -4.50. The van der Waals surface area contributed by atoms with Crippen LogP contribution in [0, 0.1) is 0 Å². The molecule has 1 aliphatic heterocycles. The van der Waals surface area contributed by atoms with Crippen LogP contribution in [0.2, 0.25) is 0 Å². The lowest BCUT2D eigenvalue weighted by Gasteiger charge is -2.40. The molecule has 1 unspecified atom stereocenters. The van der Waals surface area contributed by atoms with Crippen LogP contribution in [0.25, 0.3) is 21.9 Å². The minimum Gasteiger partial charge on any atom is -0.456 e. The average Bonchev–Trinajstić information content (AvgIpc) is 3.53. The highest BCUT2D eigenvalue weighted by molar-refractivity contribution is 6.05. The Labute approximate surface area is 217 Å². The Bertz CT molecular complexity index is 1690. The summed E-state index contributed by atoms with van der Waals surface area (Å²) in [7, 11) is 0. The molecular weight excluding hydrogens is 452 g/mol. The molecule has 1 aromatic heterocycles. The summed E-state index contributed by atoms with van der Waals surface area (Å²) in [5.41, 5.74) is 8.07. The highest BCUT2D eigenvalue weighted by atomic mass is 16.3. The molecule has 7 rings (SSSR count). The Kier molecular flexibility index (Phi) is 5.21. The van der Waals surface area contributed by atoms with E-state index in [4.69, 9.17) is 4.42 Å². The van der Waals surface area contributed by atoms with Crippen molar-refractivity contribution < 1.29 is 4.42 Å². The molecule has 0 radical (unpaired) electrons. The van der Waals surface area contributed by atoms with Crippen molar-refractivity contribution in [3.63, 3.8) is 0 Å². The van der Waals surface area contributed by atoms with Crippen molar-refractivity contribution in [2.24, 2.45) is 0 Å². The third-order valence-corrected chi connectivity index (χ3v) is 7.69. The maximum atomic E-state index is 6.29. The Morgan fingerprint density at radius 3 is 2.19 bits per heavy atom. The van der Waals surface area contributed by atoms with Crippen LogP contribution >= 0.6 is 0 Å². The van der Waals surface area contributed by atoms with Gasteiger partial charge in [-0.25, -0.2) is 0 Å². The molecule has 37 heavy (non-hydrogen) atoms. The molecular formula is C34H28N2O. The van der Waals surface area contributed by atoms with Crippen molar-refractivity contribution in [1.29, 1.82) is 0 Å². The van der Waals surface area contributed by atoms with Gasteiger partial charge in [-0.2, -0.15) is 0 Å². The fourth-order valence-electron chi connectivity index (χ4n) is 5.96. The van der Waals surface area contributed by atoms with Crippen LogP contribution in [0.3, 0.4) is 0 Å². The van der Waals surface area contributed by atoms with Gasteiger partial charge in [0, 0.05) is 39.6 Å². The van der Waals surface area contributed by atoms with Crippen molar-refractivity contribution in [3.05, 3.63) is 133 Å². The zero-order valence-corrected chi connectivity index (χ0v) is 20.8. The Morgan fingerprint density at radius 1 is 0.676 bits per heavy atom. The van der Waals surface area contributed by atoms with Gasteiger partial charge in [-0.15, -0.1) is 0 Å². The molecule has 0 spiro atoms. The van der Waals surface area contributed by atoms with E-state index in [2.05, 4.69) is 132 Å². The Balaban J connectivity index is 1.36. The predicted octanol–water partition coefficient (Wildman–Crippen LogP) is 8.88. The number of hydrogen-bond acceptors (Lipinski definition) is 3.